The van der Waals surface area contributed by atoms with Crippen molar-refractivity contribution < 1.29 is 9.53 Å². The van der Waals surface area contributed by atoms with E-state index in [1.165, 1.54) is 11.1 Å². The van der Waals surface area contributed by atoms with Crippen LogP contribution in [0.15, 0.2) is 72.9 Å². The number of nitrogens with one attached hydrogen (secondary N) is 1. The summed E-state index contributed by atoms with van der Waals surface area (Å²) in [5.41, 5.74) is 3.43. The van der Waals surface area contributed by atoms with E-state index in [-0.39, 0.29) is 5.91 Å². The normalized spacial score (nSPS) is 10.3. The Morgan fingerprint density at radius 1 is 1.04 bits per heavy atom. The number of aromatic nitrogens is 1. The number of carbonyl (C=O) groups is 1. The molecule has 0 fully saturated rings. The molecule has 4 nitrogen and oxygen atoms in total. The van der Waals surface area contributed by atoms with Gasteiger partial charge >= 0.3 is 0 Å². The van der Waals surface area contributed by atoms with E-state index in [2.05, 4.69) is 29.4 Å². The second-order valence-electron chi connectivity index (χ2n) is 6.12. The van der Waals surface area contributed by atoms with Crippen LogP contribution in [0.3, 0.4) is 0 Å². The van der Waals surface area contributed by atoms with Crippen molar-refractivity contribution in [2.24, 2.45) is 0 Å². The van der Waals surface area contributed by atoms with Crippen molar-refractivity contribution in [3.8, 4) is 11.6 Å². The second-order valence-corrected chi connectivity index (χ2v) is 6.12. The molecule has 1 amide bonds. The fraction of sp³-hybridized carbons (Fsp3) is 0.182. The van der Waals surface area contributed by atoms with Gasteiger partial charge in [-0.25, -0.2) is 4.98 Å². The topological polar surface area (TPSA) is 51.2 Å². The van der Waals surface area contributed by atoms with Crippen LogP contribution in [-0.4, -0.2) is 10.9 Å². The number of amides is 1. The summed E-state index contributed by atoms with van der Waals surface area (Å²) < 4.78 is 5.72. The van der Waals surface area contributed by atoms with Gasteiger partial charge in [0.05, 0.1) is 0 Å². The molecule has 0 aliphatic heterocycles. The highest BCUT2D eigenvalue weighted by Crippen LogP contribution is 2.20. The zero-order valence-corrected chi connectivity index (χ0v) is 14.8. The highest BCUT2D eigenvalue weighted by atomic mass is 16.5. The van der Waals surface area contributed by atoms with Crippen LogP contribution in [-0.2, 0) is 17.8 Å². The first-order valence-electron chi connectivity index (χ1n) is 8.70. The molecule has 0 saturated carbocycles. The summed E-state index contributed by atoms with van der Waals surface area (Å²) in [6.07, 6.45) is 2.92. The molecular formula is C22H22N2O2. The standard InChI is InChI=1S/C22H22N2O2/c1-17-7-2-3-9-19(17)12-13-21(25)24-16-18-8-6-10-20(15-18)26-22-11-4-5-14-23-22/h2-11,14-15H,12-13,16H2,1H3,(H,24,25). The van der Waals surface area contributed by atoms with E-state index in [1.807, 2.05) is 48.5 Å². The van der Waals surface area contributed by atoms with Crippen molar-refractivity contribution in [3.05, 3.63) is 89.6 Å². The summed E-state index contributed by atoms with van der Waals surface area (Å²) >= 11 is 0. The summed E-state index contributed by atoms with van der Waals surface area (Å²) in [7, 11) is 0. The van der Waals surface area contributed by atoms with Gasteiger partial charge in [0.2, 0.25) is 11.8 Å². The van der Waals surface area contributed by atoms with Crippen LogP contribution in [0, 0.1) is 6.92 Å². The monoisotopic (exact) mass is 346 g/mol. The van der Waals surface area contributed by atoms with Gasteiger partial charge in [-0.15, -0.1) is 0 Å². The molecule has 1 aromatic heterocycles. The fourth-order valence-electron chi connectivity index (χ4n) is 2.67. The molecule has 1 heterocycles. The predicted octanol–water partition coefficient (Wildman–Crippen LogP) is 4.43. The van der Waals surface area contributed by atoms with E-state index in [1.54, 1.807) is 12.3 Å². The van der Waals surface area contributed by atoms with Crippen molar-refractivity contribution in [3.63, 3.8) is 0 Å². The van der Waals surface area contributed by atoms with Gasteiger partial charge in [0, 0.05) is 25.2 Å². The Morgan fingerprint density at radius 2 is 1.88 bits per heavy atom. The van der Waals surface area contributed by atoms with E-state index >= 15 is 0 Å². The molecule has 0 spiro atoms. The Labute approximate surface area is 153 Å². The zero-order chi connectivity index (χ0) is 18.2. The summed E-state index contributed by atoms with van der Waals surface area (Å²) in [5.74, 6) is 1.30. The summed E-state index contributed by atoms with van der Waals surface area (Å²) in [6.45, 7) is 2.55. The third-order valence-corrected chi connectivity index (χ3v) is 4.13. The number of hydrogen-bond donors (Lipinski definition) is 1. The molecular weight excluding hydrogens is 324 g/mol. The molecule has 0 atom stereocenters. The first-order chi connectivity index (χ1) is 12.7. The smallest absolute Gasteiger partial charge is 0.220 e. The van der Waals surface area contributed by atoms with Gasteiger partial charge in [0.1, 0.15) is 5.75 Å². The Balaban J connectivity index is 1.50. The Bertz CT molecular complexity index is 863. The minimum atomic E-state index is 0.0456. The number of nitrogens with zero attached hydrogens (tertiary/aromatic N) is 1. The van der Waals surface area contributed by atoms with Crippen molar-refractivity contribution in [1.29, 1.82) is 0 Å². The van der Waals surface area contributed by atoms with Gasteiger partial charge < -0.3 is 10.1 Å². The molecule has 0 saturated heterocycles. The third kappa shape index (κ3) is 5.18. The van der Waals surface area contributed by atoms with Crippen LogP contribution in [0.4, 0.5) is 0 Å². The van der Waals surface area contributed by atoms with E-state index < -0.39 is 0 Å². The van der Waals surface area contributed by atoms with E-state index in [4.69, 9.17) is 4.74 Å². The van der Waals surface area contributed by atoms with E-state index in [0.717, 1.165) is 12.0 Å². The summed E-state index contributed by atoms with van der Waals surface area (Å²) in [6, 6.07) is 21.3. The maximum atomic E-state index is 12.1. The highest BCUT2D eigenvalue weighted by molar-refractivity contribution is 5.76. The number of benzene rings is 2. The molecule has 132 valence electrons. The quantitative estimate of drug-likeness (QED) is 0.688. The minimum Gasteiger partial charge on any atom is -0.439 e. The highest BCUT2D eigenvalue weighted by Gasteiger charge is 2.05. The van der Waals surface area contributed by atoms with Gasteiger partial charge in [-0.2, -0.15) is 0 Å². The molecule has 0 bridgehead atoms. The maximum absolute atomic E-state index is 12.1. The predicted molar refractivity (Wildman–Crippen MR) is 102 cm³/mol. The average molecular weight is 346 g/mol. The molecule has 26 heavy (non-hydrogen) atoms. The molecule has 0 aliphatic carbocycles. The molecule has 3 rings (SSSR count). The lowest BCUT2D eigenvalue weighted by Gasteiger charge is -2.09. The van der Waals surface area contributed by atoms with Crippen LogP contribution in [0.1, 0.15) is 23.1 Å². The van der Waals surface area contributed by atoms with Crippen molar-refractivity contribution >= 4 is 5.91 Å². The maximum Gasteiger partial charge on any atom is 0.220 e. The van der Waals surface area contributed by atoms with Crippen molar-refractivity contribution in [1.82, 2.24) is 10.3 Å². The summed E-state index contributed by atoms with van der Waals surface area (Å²) in [4.78, 5) is 16.3. The molecule has 0 unspecified atom stereocenters. The number of carbonyl (C=O) groups excluding carboxylic acids is 1. The van der Waals surface area contributed by atoms with Gasteiger partial charge in [-0.05, 0) is 48.2 Å². The van der Waals surface area contributed by atoms with Crippen LogP contribution in [0.2, 0.25) is 0 Å². The van der Waals surface area contributed by atoms with Crippen LogP contribution >= 0.6 is 0 Å². The van der Waals surface area contributed by atoms with E-state index in [9.17, 15) is 4.79 Å². The number of hydrogen-bond acceptors (Lipinski definition) is 3. The van der Waals surface area contributed by atoms with Crippen molar-refractivity contribution in [2.75, 3.05) is 0 Å². The molecule has 0 aliphatic rings. The van der Waals surface area contributed by atoms with Crippen LogP contribution in [0.25, 0.3) is 0 Å². The molecule has 4 heteroatoms. The summed E-state index contributed by atoms with van der Waals surface area (Å²) in [5, 5.41) is 2.97. The second kappa shape index (κ2) is 8.81. The number of rotatable bonds is 7. The molecule has 0 radical (unpaired) electrons. The van der Waals surface area contributed by atoms with Crippen LogP contribution in [0.5, 0.6) is 11.6 Å². The number of pyridine rings is 1. The third-order valence-electron chi connectivity index (χ3n) is 4.13. The Morgan fingerprint density at radius 3 is 2.69 bits per heavy atom. The lowest BCUT2D eigenvalue weighted by atomic mass is 10.0. The molecule has 2 aromatic carbocycles. The first-order valence-corrected chi connectivity index (χ1v) is 8.70. The lowest BCUT2D eigenvalue weighted by Crippen LogP contribution is -2.23. The minimum absolute atomic E-state index is 0.0456. The number of ether oxygens (including phenoxy) is 1. The van der Waals surface area contributed by atoms with Gasteiger partial charge in [-0.1, -0.05) is 42.5 Å². The van der Waals surface area contributed by atoms with Crippen molar-refractivity contribution in [2.45, 2.75) is 26.3 Å². The average Bonchev–Trinajstić information content (AvgIpc) is 2.67. The van der Waals surface area contributed by atoms with Gasteiger partial charge in [0.15, 0.2) is 0 Å². The van der Waals surface area contributed by atoms with Gasteiger partial charge in [-0.3, -0.25) is 4.79 Å². The largest absolute Gasteiger partial charge is 0.439 e. The molecule has 3 aromatic rings. The van der Waals surface area contributed by atoms with E-state index in [0.29, 0.717) is 24.6 Å². The lowest BCUT2D eigenvalue weighted by molar-refractivity contribution is -0.121. The Kier molecular flexibility index (Phi) is 5.99. The van der Waals surface area contributed by atoms with Gasteiger partial charge in [0.25, 0.3) is 0 Å². The SMILES string of the molecule is Cc1ccccc1CCC(=O)NCc1cccc(Oc2ccccn2)c1. The number of aryl methyl sites for hydroxylation is 2. The van der Waals surface area contributed by atoms with Crippen LogP contribution < -0.4 is 10.1 Å². The zero-order valence-electron chi connectivity index (χ0n) is 14.8. The first kappa shape index (κ1) is 17.7. The fourth-order valence-corrected chi connectivity index (χ4v) is 2.67. The molecule has 1 N–H and O–H groups in total. The Hall–Kier alpha value is -3.14.